The molecule has 0 radical (unpaired) electrons. The normalized spacial score (nSPS) is 14.1. The number of thiophene rings is 1. The first-order valence-electron chi connectivity index (χ1n) is 9.54. The standard InChI is InChI=1S/C22H25N3OS/c1-3-5-22-23-13-17-14-25(11-10-20(17)24-22)15-19-8-9-21(27-19)16-6-4-7-18(12-16)26-2/h4,6-9,12-13H,3,5,10-11,14-15H2,1-2H3. The molecule has 1 aromatic carbocycles. The van der Waals surface area contributed by atoms with Crippen LogP contribution in [0.25, 0.3) is 10.4 Å². The second-order valence-corrected chi connectivity index (χ2v) is 8.14. The first-order chi connectivity index (χ1) is 13.2. The van der Waals surface area contributed by atoms with Crippen molar-refractivity contribution in [1.82, 2.24) is 14.9 Å². The highest BCUT2D eigenvalue weighted by Gasteiger charge is 2.19. The Hall–Kier alpha value is -2.24. The lowest BCUT2D eigenvalue weighted by molar-refractivity contribution is 0.244. The molecule has 27 heavy (non-hydrogen) atoms. The van der Waals surface area contributed by atoms with Gasteiger partial charge in [0.05, 0.1) is 7.11 Å². The van der Waals surface area contributed by atoms with Crippen molar-refractivity contribution in [3.05, 3.63) is 64.6 Å². The van der Waals surface area contributed by atoms with Crippen LogP contribution in [0.3, 0.4) is 0 Å². The summed E-state index contributed by atoms with van der Waals surface area (Å²) in [5, 5.41) is 0. The Bertz CT molecular complexity index is 921. The summed E-state index contributed by atoms with van der Waals surface area (Å²) < 4.78 is 5.35. The Morgan fingerprint density at radius 2 is 2.15 bits per heavy atom. The molecule has 2 aromatic heterocycles. The summed E-state index contributed by atoms with van der Waals surface area (Å²) in [6, 6.07) is 12.7. The molecule has 0 atom stereocenters. The summed E-state index contributed by atoms with van der Waals surface area (Å²) in [5.74, 6) is 1.89. The molecule has 5 heteroatoms. The van der Waals surface area contributed by atoms with Crippen molar-refractivity contribution in [3.8, 4) is 16.2 Å². The van der Waals surface area contributed by atoms with Crippen LogP contribution in [0.4, 0.5) is 0 Å². The number of benzene rings is 1. The second kappa shape index (κ2) is 8.19. The van der Waals surface area contributed by atoms with E-state index >= 15 is 0 Å². The number of hydrogen-bond acceptors (Lipinski definition) is 5. The molecule has 0 aliphatic carbocycles. The molecule has 0 unspecified atom stereocenters. The summed E-state index contributed by atoms with van der Waals surface area (Å²) in [5.41, 5.74) is 3.74. The molecule has 1 aliphatic rings. The zero-order chi connectivity index (χ0) is 18.6. The first kappa shape index (κ1) is 18.1. The van der Waals surface area contributed by atoms with E-state index in [1.54, 1.807) is 7.11 Å². The van der Waals surface area contributed by atoms with E-state index in [-0.39, 0.29) is 0 Å². The smallest absolute Gasteiger partial charge is 0.128 e. The van der Waals surface area contributed by atoms with Crippen molar-refractivity contribution in [2.75, 3.05) is 13.7 Å². The van der Waals surface area contributed by atoms with Crippen LogP contribution in [-0.4, -0.2) is 28.5 Å². The average Bonchev–Trinajstić information content (AvgIpc) is 3.17. The van der Waals surface area contributed by atoms with Gasteiger partial charge >= 0.3 is 0 Å². The zero-order valence-corrected chi connectivity index (χ0v) is 16.8. The van der Waals surface area contributed by atoms with Gasteiger partial charge in [0.2, 0.25) is 0 Å². The number of fused-ring (bicyclic) bond motifs is 1. The minimum atomic E-state index is 0.900. The summed E-state index contributed by atoms with van der Waals surface area (Å²) in [7, 11) is 1.71. The minimum absolute atomic E-state index is 0.900. The second-order valence-electron chi connectivity index (χ2n) is 6.97. The molecule has 140 valence electrons. The number of nitrogens with zero attached hydrogens (tertiary/aromatic N) is 3. The number of aromatic nitrogens is 2. The van der Waals surface area contributed by atoms with E-state index in [0.717, 1.165) is 50.5 Å². The summed E-state index contributed by atoms with van der Waals surface area (Å²) in [6.07, 6.45) is 5.12. The summed E-state index contributed by atoms with van der Waals surface area (Å²) >= 11 is 1.86. The number of aryl methyl sites for hydroxylation is 1. The lowest BCUT2D eigenvalue weighted by atomic mass is 10.1. The van der Waals surface area contributed by atoms with Gasteiger partial charge in [0.25, 0.3) is 0 Å². The van der Waals surface area contributed by atoms with E-state index in [2.05, 4.69) is 41.1 Å². The topological polar surface area (TPSA) is 38.2 Å². The average molecular weight is 380 g/mol. The summed E-state index contributed by atoms with van der Waals surface area (Å²) in [6.45, 7) is 5.15. The Labute approximate surface area is 164 Å². The molecule has 3 heterocycles. The minimum Gasteiger partial charge on any atom is -0.497 e. The Balaban J connectivity index is 1.44. The van der Waals surface area contributed by atoms with Crippen molar-refractivity contribution in [3.63, 3.8) is 0 Å². The van der Waals surface area contributed by atoms with Crippen LogP contribution in [-0.2, 0) is 25.9 Å². The Morgan fingerprint density at radius 3 is 3.00 bits per heavy atom. The van der Waals surface area contributed by atoms with Crippen LogP contribution in [0.2, 0.25) is 0 Å². The van der Waals surface area contributed by atoms with Gasteiger partial charge < -0.3 is 4.74 Å². The molecular weight excluding hydrogens is 354 g/mol. The molecule has 1 aliphatic heterocycles. The van der Waals surface area contributed by atoms with Gasteiger partial charge in [-0.15, -0.1) is 11.3 Å². The van der Waals surface area contributed by atoms with Gasteiger partial charge in [-0.1, -0.05) is 19.1 Å². The van der Waals surface area contributed by atoms with E-state index in [1.165, 1.54) is 26.6 Å². The van der Waals surface area contributed by atoms with Gasteiger partial charge in [-0.25, -0.2) is 9.97 Å². The number of methoxy groups -OCH3 is 1. The van der Waals surface area contributed by atoms with E-state index < -0.39 is 0 Å². The molecular formula is C22H25N3OS. The quantitative estimate of drug-likeness (QED) is 0.621. The van der Waals surface area contributed by atoms with Crippen molar-refractivity contribution in [1.29, 1.82) is 0 Å². The van der Waals surface area contributed by atoms with Gasteiger partial charge in [0, 0.05) is 59.7 Å². The molecule has 0 saturated heterocycles. The number of rotatable bonds is 6. The maximum absolute atomic E-state index is 5.35. The summed E-state index contributed by atoms with van der Waals surface area (Å²) in [4.78, 5) is 14.5. The van der Waals surface area contributed by atoms with E-state index in [9.17, 15) is 0 Å². The number of ether oxygens (including phenoxy) is 1. The van der Waals surface area contributed by atoms with Gasteiger partial charge in [0.1, 0.15) is 11.6 Å². The largest absolute Gasteiger partial charge is 0.497 e. The first-order valence-corrected chi connectivity index (χ1v) is 10.4. The SMILES string of the molecule is CCCc1ncc2c(n1)CCN(Cc1ccc(-c3cccc(OC)c3)s1)C2. The van der Waals surface area contributed by atoms with Crippen molar-refractivity contribution in [2.45, 2.75) is 39.3 Å². The lowest BCUT2D eigenvalue weighted by Crippen LogP contribution is -2.30. The molecule has 0 N–H and O–H groups in total. The van der Waals surface area contributed by atoms with Crippen LogP contribution < -0.4 is 4.74 Å². The van der Waals surface area contributed by atoms with Crippen LogP contribution in [0.1, 0.15) is 35.3 Å². The van der Waals surface area contributed by atoms with Crippen molar-refractivity contribution >= 4 is 11.3 Å². The van der Waals surface area contributed by atoms with E-state index in [1.807, 2.05) is 29.7 Å². The number of hydrogen-bond donors (Lipinski definition) is 0. The van der Waals surface area contributed by atoms with Crippen molar-refractivity contribution < 1.29 is 4.74 Å². The molecule has 0 spiro atoms. The van der Waals surface area contributed by atoms with E-state index in [0.29, 0.717) is 0 Å². The van der Waals surface area contributed by atoms with E-state index in [4.69, 9.17) is 9.72 Å². The molecule has 0 bridgehead atoms. The van der Waals surface area contributed by atoms with Gasteiger partial charge in [-0.05, 0) is 36.2 Å². The van der Waals surface area contributed by atoms with Gasteiger partial charge in [-0.3, -0.25) is 4.90 Å². The fraction of sp³-hybridized carbons (Fsp3) is 0.364. The van der Waals surface area contributed by atoms with Crippen LogP contribution >= 0.6 is 11.3 Å². The fourth-order valence-corrected chi connectivity index (χ4v) is 4.56. The highest BCUT2D eigenvalue weighted by Crippen LogP contribution is 2.31. The van der Waals surface area contributed by atoms with Gasteiger partial charge in [-0.2, -0.15) is 0 Å². The van der Waals surface area contributed by atoms with Crippen molar-refractivity contribution in [2.24, 2.45) is 0 Å². The molecule has 0 amide bonds. The Kier molecular flexibility index (Phi) is 5.50. The predicted molar refractivity (Wildman–Crippen MR) is 110 cm³/mol. The molecule has 4 rings (SSSR count). The Morgan fingerprint density at radius 1 is 1.22 bits per heavy atom. The third kappa shape index (κ3) is 4.20. The highest BCUT2D eigenvalue weighted by atomic mass is 32.1. The third-order valence-corrected chi connectivity index (χ3v) is 6.05. The van der Waals surface area contributed by atoms with Crippen LogP contribution in [0.15, 0.2) is 42.6 Å². The molecule has 3 aromatic rings. The zero-order valence-electron chi connectivity index (χ0n) is 15.9. The van der Waals surface area contributed by atoms with Crippen LogP contribution in [0, 0.1) is 0 Å². The fourth-order valence-electron chi connectivity index (χ4n) is 3.51. The highest BCUT2D eigenvalue weighted by molar-refractivity contribution is 7.15. The maximum atomic E-state index is 5.35. The molecule has 0 saturated carbocycles. The lowest BCUT2D eigenvalue weighted by Gasteiger charge is -2.27. The predicted octanol–water partition coefficient (Wildman–Crippen LogP) is 4.72. The van der Waals surface area contributed by atoms with Gasteiger partial charge in [0.15, 0.2) is 0 Å². The van der Waals surface area contributed by atoms with Crippen LogP contribution in [0.5, 0.6) is 5.75 Å². The monoisotopic (exact) mass is 379 g/mol. The maximum Gasteiger partial charge on any atom is 0.128 e. The third-order valence-electron chi connectivity index (χ3n) is 4.93. The molecule has 0 fully saturated rings. The molecule has 4 nitrogen and oxygen atoms in total.